The Morgan fingerprint density at radius 2 is 1.65 bits per heavy atom. The fraction of sp³-hybridized carbons (Fsp3) is 1.00. The van der Waals surface area contributed by atoms with E-state index >= 15 is 0 Å². The van der Waals surface area contributed by atoms with E-state index in [0.717, 1.165) is 44.9 Å². The van der Waals surface area contributed by atoms with Gasteiger partial charge in [0.05, 0.1) is 5.25 Å². The van der Waals surface area contributed by atoms with Crippen molar-refractivity contribution < 1.29 is 8.42 Å². The average molecular weight is 305 g/mol. The maximum absolute atomic E-state index is 13.1. The minimum atomic E-state index is -3.23. The molecule has 0 atom stereocenters. The van der Waals surface area contributed by atoms with E-state index in [-0.39, 0.29) is 5.25 Å². The van der Waals surface area contributed by atoms with E-state index in [0.29, 0.717) is 13.1 Å². The number of hydrogen-bond acceptors (Lipinski definition) is 3. The molecule has 1 aliphatic rings. The summed E-state index contributed by atoms with van der Waals surface area (Å²) in [4.78, 5) is 0. The van der Waals surface area contributed by atoms with Gasteiger partial charge in [-0.25, -0.2) is 8.42 Å². The molecule has 20 heavy (non-hydrogen) atoms. The van der Waals surface area contributed by atoms with Crippen molar-refractivity contribution in [2.24, 2.45) is 5.73 Å². The highest BCUT2D eigenvalue weighted by atomic mass is 32.2. The maximum Gasteiger partial charge on any atom is 0.217 e. The molecule has 0 unspecified atom stereocenters. The summed E-state index contributed by atoms with van der Waals surface area (Å²) in [6.45, 7) is 7.14. The Balaban J connectivity index is 3.10. The van der Waals surface area contributed by atoms with Crippen molar-refractivity contribution in [1.82, 2.24) is 4.31 Å². The van der Waals surface area contributed by atoms with Gasteiger partial charge in [-0.1, -0.05) is 40.0 Å². The van der Waals surface area contributed by atoms with Crippen molar-refractivity contribution in [1.29, 1.82) is 0 Å². The summed E-state index contributed by atoms with van der Waals surface area (Å²) < 4.78 is 27.9. The maximum atomic E-state index is 13.1. The molecule has 0 aromatic carbocycles. The van der Waals surface area contributed by atoms with Gasteiger partial charge in [-0.15, -0.1) is 0 Å². The van der Waals surface area contributed by atoms with E-state index in [4.69, 9.17) is 5.73 Å². The van der Waals surface area contributed by atoms with E-state index in [9.17, 15) is 8.42 Å². The molecule has 0 spiro atoms. The molecule has 0 heterocycles. The summed E-state index contributed by atoms with van der Waals surface area (Å²) in [5.41, 5.74) is 5.58. The molecular formula is C15H32N2O2S. The molecular weight excluding hydrogens is 272 g/mol. The normalized spacial score (nSPS) is 18.6. The van der Waals surface area contributed by atoms with E-state index in [1.54, 1.807) is 4.31 Å². The summed E-state index contributed by atoms with van der Waals surface area (Å²) in [6, 6.07) is 0. The largest absolute Gasteiger partial charge is 0.329 e. The van der Waals surface area contributed by atoms with Gasteiger partial charge in [-0.2, -0.15) is 4.31 Å². The third-order valence-corrected chi connectivity index (χ3v) is 7.43. The van der Waals surface area contributed by atoms with Crippen LogP contribution in [-0.4, -0.2) is 36.6 Å². The molecule has 0 bridgehead atoms. The van der Waals surface area contributed by atoms with Crippen LogP contribution >= 0.6 is 0 Å². The van der Waals surface area contributed by atoms with Gasteiger partial charge in [0, 0.05) is 18.6 Å². The first-order valence-corrected chi connectivity index (χ1v) is 9.70. The number of nitrogens with zero attached hydrogens (tertiary/aromatic N) is 1. The third kappa shape index (κ3) is 3.55. The predicted octanol–water partition coefficient (Wildman–Crippen LogP) is 2.88. The molecule has 4 nitrogen and oxygen atoms in total. The minimum Gasteiger partial charge on any atom is -0.329 e. The van der Waals surface area contributed by atoms with Crippen LogP contribution in [0.2, 0.25) is 0 Å². The van der Waals surface area contributed by atoms with E-state index in [1.807, 2.05) is 6.92 Å². The molecule has 2 N–H and O–H groups in total. The van der Waals surface area contributed by atoms with Gasteiger partial charge in [0.25, 0.3) is 0 Å². The van der Waals surface area contributed by atoms with Crippen LogP contribution in [0.5, 0.6) is 0 Å². The number of nitrogens with two attached hydrogens (primary N) is 1. The Morgan fingerprint density at radius 3 is 2.05 bits per heavy atom. The smallest absolute Gasteiger partial charge is 0.217 e. The van der Waals surface area contributed by atoms with Gasteiger partial charge in [-0.05, 0) is 32.1 Å². The molecule has 0 amide bonds. The second-order valence-corrected chi connectivity index (χ2v) is 8.15. The Bertz CT molecular complexity index is 363. The van der Waals surface area contributed by atoms with E-state index in [2.05, 4.69) is 13.8 Å². The lowest BCUT2D eigenvalue weighted by Crippen LogP contribution is -2.58. The molecule has 1 saturated carbocycles. The Morgan fingerprint density at radius 1 is 1.10 bits per heavy atom. The van der Waals surface area contributed by atoms with Crippen molar-refractivity contribution in [3.63, 3.8) is 0 Å². The van der Waals surface area contributed by atoms with Crippen LogP contribution < -0.4 is 5.73 Å². The average Bonchev–Trinajstić information content (AvgIpc) is 2.49. The zero-order valence-corrected chi connectivity index (χ0v) is 14.2. The molecule has 0 radical (unpaired) electrons. The predicted molar refractivity (Wildman–Crippen MR) is 85.2 cm³/mol. The second-order valence-electron chi connectivity index (χ2n) is 6.01. The standard InChI is InChI=1S/C15H32N2O2S/c1-4-12-17(15(5-2,6-3)13-16)20(18,19)14-10-8-7-9-11-14/h14H,4-13,16H2,1-3H3. The van der Waals surface area contributed by atoms with Crippen LogP contribution in [0.15, 0.2) is 0 Å². The minimum absolute atomic E-state index is 0.188. The molecule has 1 aliphatic carbocycles. The Hall–Kier alpha value is -0.130. The SMILES string of the molecule is CCCN(C(CC)(CC)CN)S(=O)(=O)C1CCCCC1. The topological polar surface area (TPSA) is 63.4 Å². The third-order valence-electron chi connectivity index (χ3n) is 4.93. The first-order valence-electron chi connectivity index (χ1n) is 8.20. The monoisotopic (exact) mass is 304 g/mol. The van der Waals surface area contributed by atoms with E-state index in [1.165, 1.54) is 6.42 Å². The Kier molecular flexibility index (Phi) is 6.95. The van der Waals surface area contributed by atoms with Gasteiger partial charge in [0.1, 0.15) is 0 Å². The summed E-state index contributed by atoms with van der Waals surface area (Å²) in [5.74, 6) is 0. The van der Waals surface area contributed by atoms with Gasteiger partial charge in [0.15, 0.2) is 0 Å². The molecule has 0 aliphatic heterocycles. The molecule has 0 aromatic rings. The fourth-order valence-corrected chi connectivity index (χ4v) is 5.97. The van der Waals surface area contributed by atoms with Crippen molar-refractivity contribution in [2.75, 3.05) is 13.1 Å². The fourth-order valence-electron chi connectivity index (χ4n) is 3.37. The van der Waals surface area contributed by atoms with Gasteiger partial charge in [0.2, 0.25) is 10.0 Å². The first-order chi connectivity index (χ1) is 9.48. The summed E-state index contributed by atoms with van der Waals surface area (Å²) >= 11 is 0. The highest BCUT2D eigenvalue weighted by Gasteiger charge is 2.43. The molecule has 1 rings (SSSR count). The van der Waals surface area contributed by atoms with Crippen molar-refractivity contribution in [3.8, 4) is 0 Å². The summed E-state index contributed by atoms with van der Waals surface area (Å²) in [7, 11) is -3.23. The van der Waals surface area contributed by atoms with Crippen LogP contribution in [0, 0.1) is 0 Å². The quantitative estimate of drug-likeness (QED) is 0.750. The van der Waals surface area contributed by atoms with Gasteiger partial charge in [-0.3, -0.25) is 0 Å². The highest BCUT2D eigenvalue weighted by Crippen LogP contribution is 2.33. The highest BCUT2D eigenvalue weighted by molar-refractivity contribution is 7.89. The van der Waals surface area contributed by atoms with Crippen LogP contribution in [0.4, 0.5) is 0 Å². The lowest BCUT2D eigenvalue weighted by atomic mass is 9.93. The van der Waals surface area contributed by atoms with Crippen LogP contribution in [-0.2, 0) is 10.0 Å². The second kappa shape index (κ2) is 7.76. The molecule has 120 valence electrons. The number of hydrogen-bond donors (Lipinski definition) is 1. The Labute approximate surface area is 125 Å². The number of rotatable bonds is 8. The van der Waals surface area contributed by atoms with Gasteiger partial charge < -0.3 is 5.73 Å². The van der Waals surface area contributed by atoms with Crippen LogP contribution in [0.3, 0.4) is 0 Å². The zero-order valence-electron chi connectivity index (χ0n) is 13.4. The summed E-state index contributed by atoms with van der Waals surface area (Å²) in [6.07, 6.45) is 7.29. The van der Waals surface area contributed by atoms with Crippen molar-refractivity contribution in [3.05, 3.63) is 0 Å². The molecule has 5 heteroatoms. The molecule has 0 saturated heterocycles. The lowest BCUT2D eigenvalue weighted by molar-refractivity contribution is 0.174. The van der Waals surface area contributed by atoms with Gasteiger partial charge >= 0.3 is 0 Å². The van der Waals surface area contributed by atoms with Crippen molar-refractivity contribution >= 4 is 10.0 Å². The zero-order chi connectivity index (χ0) is 15.2. The van der Waals surface area contributed by atoms with E-state index < -0.39 is 15.6 Å². The summed E-state index contributed by atoms with van der Waals surface area (Å²) in [5, 5.41) is -0.188. The van der Waals surface area contributed by atoms with Crippen LogP contribution in [0.25, 0.3) is 0 Å². The van der Waals surface area contributed by atoms with Crippen molar-refractivity contribution in [2.45, 2.75) is 82.9 Å². The molecule has 1 fully saturated rings. The lowest BCUT2D eigenvalue weighted by Gasteiger charge is -2.43. The number of sulfonamides is 1. The molecule has 0 aromatic heterocycles. The first kappa shape index (κ1) is 17.9. The van der Waals surface area contributed by atoms with Crippen LogP contribution in [0.1, 0.15) is 72.1 Å².